The Bertz CT molecular complexity index is 434. The summed E-state index contributed by atoms with van der Waals surface area (Å²) < 4.78 is 0. The van der Waals surface area contributed by atoms with Gasteiger partial charge in [-0.3, -0.25) is 10.1 Å². The predicted octanol–water partition coefficient (Wildman–Crippen LogP) is 1.86. The first-order valence-electron chi connectivity index (χ1n) is 5.76. The summed E-state index contributed by atoms with van der Waals surface area (Å²) in [6.45, 7) is 2.98. The fourth-order valence-electron chi connectivity index (χ4n) is 2.31. The minimum Gasteiger partial charge on any atom is -0.391 e. The Morgan fingerprint density at radius 1 is 1.53 bits per heavy atom. The molecule has 0 saturated carbocycles. The average molecular weight is 236 g/mol. The van der Waals surface area contributed by atoms with Crippen LogP contribution in [0.4, 0.5) is 11.4 Å². The van der Waals surface area contributed by atoms with E-state index in [9.17, 15) is 15.2 Å². The van der Waals surface area contributed by atoms with Gasteiger partial charge in [0.2, 0.25) is 0 Å². The Hall–Kier alpha value is -1.62. The zero-order chi connectivity index (χ0) is 12.4. The van der Waals surface area contributed by atoms with Gasteiger partial charge in [-0.15, -0.1) is 0 Å². The van der Waals surface area contributed by atoms with Crippen molar-refractivity contribution in [3.63, 3.8) is 0 Å². The molecule has 5 nitrogen and oxygen atoms in total. The van der Waals surface area contributed by atoms with Crippen molar-refractivity contribution in [2.24, 2.45) is 0 Å². The molecule has 0 amide bonds. The van der Waals surface area contributed by atoms with E-state index in [2.05, 4.69) is 0 Å². The van der Waals surface area contributed by atoms with Gasteiger partial charge in [-0.25, -0.2) is 0 Å². The molecule has 1 saturated heterocycles. The van der Waals surface area contributed by atoms with Gasteiger partial charge >= 0.3 is 0 Å². The minimum atomic E-state index is -0.385. The molecule has 2 rings (SSSR count). The van der Waals surface area contributed by atoms with Gasteiger partial charge in [-0.1, -0.05) is 12.1 Å². The largest absolute Gasteiger partial charge is 0.391 e. The molecule has 0 radical (unpaired) electrons. The Balaban J connectivity index is 2.37. The molecule has 1 aliphatic heterocycles. The number of anilines is 1. The summed E-state index contributed by atoms with van der Waals surface area (Å²) in [6.07, 6.45) is 1.26. The molecule has 17 heavy (non-hydrogen) atoms. The van der Waals surface area contributed by atoms with Crippen LogP contribution < -0.4 is 4.90 Å². The average Bonchev–Trinajstić information content (AvgIpc) is 2.28. The van der Waals surface area contributed by atoms with E-state index in [0.29, 0.717) is 17.8 Å². The van der Waals surface area contributed by atoms with Gasteiger partial charge in [-0.2, -0.15) is 0 Å². The lowest BCUT2D eigenvalue weighted by atomic mass is 10.1. The number of hydrogen-bond acceptors (Lipinski definition) is 4. The van der Waals surface area contributed by atoms with E-state index in [1.165, 1.54) is 0 Å². The Morgan fingerprint density at radius 2 is 2.29 bits per heavy atom. The maximum Gasteiger partial charge on any atom is 0.295 e. The van der Waals surface area contributed by atoms with Crippen LogP contribution in [0.25, 0.3) is 0 Å². The number of aryl methyl sites for hydroxylation is 1. The van der Waals surface area contributed by atoms with Crippen LogP contribution in [0, 0.1) is 17.0 Å². The molecule has 0 bridgehead atoms. The maximum absolute atomic E-state index is 11.1. The van der Waals surface area contributed by atoms with E-state index in [-0.39, 0.29) is 16.7 Å². The molecule has 0 unspecified atom stereocenters. The van der Waals surface area contributed by atoms with Crippen LogP contribution in [0.2, 0.25) is 0 Å². The summed E-state index contributed by atoms with van der Waals surface area (Å²) in [4.78, 5) is 12.6. The molecule has 0 spiro atoms. The molecule has 92 valence electrons. The van der Waals surface area contributed by atoms with Crippen LogP contribution in [0.15, 0.2) is 18.2 Å². The third-order valence-corrected chi connectivity index (χ3v) is 3.14. The molecule has 1 N–H and O–H groups in total. The SMILES string of the molecule is Cc1cccc(N2CCC[C@H](O)C2)c1[N+](=O)[O-]. The van der Waals surface area contributed by atoms with Crippen molar-refractivity contribution in [2.45, 2.75) is 25.9 Å². The minimum absolute atomic E-state index is 0.154. The fraction of sp³-hybridized carbons (Fsp3) is 0.500. The van der Waals surface area contributed by atoms with Crippen LogP contribution >= 0.6 is 0 Å². The van der Waals surface area contributed by atoms with Gasteiger partial charge < -0.3 is 10.0 Å². The van der Waals surface area contributed by atoms with Crippen molar-refractivity contribution in [3.05, 3.63) is 33.9 Å². The van der Waals surface area contributed by atoms with E-state index in [1.807, 2.05) is 11.0 Å². The summed E-state index contributed by atoms with van der Waals surface area (Å²) in [5, 5.41) is 20.7. The van der Waals surface area contributed by atoms with Gasteiger partial charge in [0, 0.05) is 18.7 Å². The van der Waals surface area contributed by atoms with Gasteiger partial charge in [0.15, 0.2) is 0 Å². The van der Waals surface area contributed by atoms with E-state index >= 15 is 0 Å². The zero-order valence-electron chi connectivity index (χ0n) is 9.80. The van der Waals surface area contributed by atoms with E-state index in [1.54, 1.807) is 19.1 Å². The molecule has 1 aliphatic rings. The number of β-amino-alcohol motifs (C(OH)–C–C–N with tert-alkyl or cyclic N) is 1. The van der Waals surface area contributed by atoms with Crippen molar-refractivity contribution < 1.29 is 10.0 Å². The highest BCUT2D eigenvalue weighted by Crippen LogP contribution is 2.32. The number of piperidine rings is 1. The molecular formula is C12H16N2O3. The molecule has 1 atom stereocenters. The first-order chi connectivity index (χ1) is 8.09. The summed E-state index contributed by atoms with van der Waals surface area (Å²) in [5.41, 5.74) is 1.43. The zero-order valence-corrected chi connectivity index (χ0v) is 9.80. The van der Waals surface area contributed by atoms with Crippen LogP contribution in [0.1, 0.15) is 18.4 Å². The fourth-order valence-corrected chi connectivity index (χ4v) is 2.31. The van der Waals surface area contributed by atoms with Crippen LogP contribution in [-0.2, 0) is 0 Å². The van der Waals surface area contributed by atoms with Crippen LogP contribution in [-0.4, -0.2) is 29.2 Å². The van der Waals surface area contributed by atoms with Gasteiger partial charge in [-0.05, 0) is 25.8 Å². The second-order valence-corrected chi connectivity index (χ2v) is 4.44. The number of nitro benzene ring substituents is 1. The first-order valence-corrected chi connectivity index (χ1v) is 5.76. The summed E-state index contributed by atoms with van der Waals surface area (Å²) in [5.74, 6) is 0. The number of para-hydroxylation sites is 1. The van der Waals surface area contributed by atoms with Crippen molar-refractivity contribution >= 4 is 11.4 Å². The molecule has 5 heteroatoms. The summed E-state index contributed by atoms with van der Waals surface area (Å²) in [7, 11) is 0. The van der Waals surface area contributed by atoms with E-state index < -0.39 is 0 Å². The monoisotopic (exact) mass is 236 g/mol. The molecule has 1 aromatic rings. The van der Waals surface area contributed by atoms with Crippen LogP contribution in [0.5, 0.6) is 0 Å². The quantitative estimate of drug-likeness (QED) is 0.628. The van der Waals surface area contributed by atoms with Crippen molar-refractivity contribution in [1.29, 1.82) is 0 Å². The topological polar surface area (TPSA) is 66.6 Å². The van der Waals surface area contributed by atoms with Crippen LogP contribution in [0.3, 0.4) is 0 Å². The van der Waals surface area contributed by atoms with Crippen molar-refractivity contribution in [3.8, 4) is 0 Å². The van der Waals surface area contributed by atoms with Crippen molar-refractivity contribution in [1.82, 2.24) is 0 Å². The molecular weight excluding hydrogens is 220 g/mol. The Kier molecular flexibility index (Phi) is 3.28. The summed E-state index contributed by atoms with van der Waals surface area (Å²) in [6, 6.07) is 5.31. The number of nitrogens with zero attached hydrogens (tertiary/aromatic N) is 2. The highest BCUT2D eigenvalue weighted by Gasteiger charge is 2.25. The molecule has 0 aliphatic carbocycles. The highest BCUT2D eigenvalue weighted by atomic mass is 16.6. The Labute approximate surface area is 99.8 Å². The highest BCUT2D eigenvalue weighted by molar-refractivity contribution is 5.66. The lowest BCUT2D eigenvalue weighted by Crippen LogP contribution is -2.38. The second-order valence-electron chi connectivity index (χ2n) is 4.44. The van der Waals surface area contributed by atoms with E-state index in [0.717, 1.165) is 19.4 Å². The lowest BCUT2D eigenvalue weighted by Gasteiger charge is -2.31. The molecule has 1 heterocycles. The van der Waals surface area contributed by atoms with Gasteiger partial charge in [0.25, 0.3) is 5.69 Å². The van der Waals surface area contributed by atoms with Gasteiger partial charge in [0.05, 0.1) is 11.0 Å². The molecule has 1 fully saturated rings. The maximum atomic E-state index is 11.1. The third-order valence-electron chi connectivity index (χ3n) is 3.14. The van der Waals surface area contributed by atoms with Crippen molar-refractivity contribution in [2.75, 3.05) is 18.0 Å². The normalized spacial score (nSPS) is 20.4. The number of rotatable bonds is 2. The number of nitro groups is 1. The first kappa shape index (κ1) is 11.9. The third kappa shape index (κ3) is 2.39. The number of benzene rings is 1. The van der Waals surface area contributed by atoms with E-state index in [4.69, 9.17) is 0 Å². The number of hydrogen-bond donors (Lipinski definition) is 1. The lowest BCUT2D eigenvalue weighted by molar-refractivity contribution is -0.384. The standard InChI is InChI=1S/C12H16N2O3/c1-9-4-2-6-11(12(9)14(16)17)13-7-3-5-10(15)8-13/h2,4,6,10,15H,3,5,7-8H2,1H3/t10-/m0/s1. The number of aliphatic hydroxyl groups excluding tert-OH is 1. The Morgan fingerprint density at radius 3 is 2.94 bits per heavy atom. The second kappa shape index (κ2) is 4.71. The smallest absolute Gasteiger partial charge is 0.295 e. The van der Waals surface area contributed by atoms with Gasteiger partial charge in [0.1, 0.15) is 5.69 Å². The predicted molar refractivity (Wildman–Crippen MR) is 65.3 cm³/mol. The number of aliphatic hydroxyl groups is 1. The molecule has 0 aromatic heterocycles. The molecule has 1 aromatic carbocycles. The summed E-state index contributed by atoms with van der Waals surface area (Å²) >= 11 is 0.